The molecule has 3 N–H and O–H groups in total. The van der Waals surface area contributed by atoms with Gasteiger partial charge in [-0.1, -0.05) is 17.7 Å². The molecule has 1 aromatic rings. The minimum atomic E-state index is -3.41. The van der Waals surface area contributed by atoms with Gasteiger partial charge in [-0.2, -0.15) is 0 Å². The summed E-state index contributed by atoms with van der Waals surface area (Å²) in [6, 6.07) is 5.42. The van der Waals surface area contributed by atoms with E-state index >= 15 is 0 Å². The molecule has 84 valence electrons. The van der Waals surface area contributed by atoms with Crippen LogP contribution >= 0.6 is 11.6 Å². The largest absolute Gasteiger partial charge is 0.384 e. The summed E-state index contributed by atoms with van der Waals surface area (Å²) in [7, 11) is -3.41. The molecule has 0 amide bonds. The summed E-state index contributed by atoms with van der Waals surface area (Å²) in [5.74, 6) is -0.0983. The molecule has 1 aromatic carbocycles. The van der Waals surface area contributed by atoms with Crippen LogP contribution in [0.3, 0.4) is 0 Å². The van der Waals surface area contributed by atoms with Gasteiger partial charge >= 0.3 is 0 Å². The van der Waals surface area contributed by atoms with Gasteiger partial charge in [0.1, 0.15) is 0 Å². The summed E-state index contributed by atoms with van der Waals surface area (Å²) >= 11 is 5.90. The Balaban J connectivity index is 2.62. The van der Waals surface area contributed by atoms with Crippen molar-refractivity contribution in [3.63, 3.8) is 0 Å². The Morgan fingerprint density at radius 2 is 2.13 bits per heavy atom. The quantitative estimate of drug-likeness (QED) is 0.845. The number of hydrogen-bond donors (Lipinski definition) is 2. The molecule has 1 rings (SSSR count). The van der Waals surface area contributed by atoms with Crippen LogP contribution in [-0.2, 0) is 10.0 Å². The Morgan fingerprint density at radius 1 is 1.47 bits per heavy atom. The monoisotopic (exact) mass is 248 g/mol. The standard InChI is InChI=1S/C9H13ClN2O2S/c1-7-8(10)3-2-4-9(7)12-5-6-15(11,13)14/h2-4,12H,5-6H2,1H3,(H2,11,13,14). The average Bonchev–Trinajstić information content (AvgIpc) is 2.10. The Hall–Kier alpha value is -0.780. The Bertz CT molecular complexity index is 445. The topological polar surface area (TPSA) is 72.2 Å². The van der Waals surface area contributed by atoms with Gasteiger partial charge in [0.05, 0.1) is 5.75 Å². The predicted molar refractivity (Wildman–Crippen MR) is 62.7 cm³/mol. The summed E-state index contributed by atoms with van der Waals surface area (Å²) in [5, 5.41) is 8.49. The van der Waals surface area contributed by atoms with Crippen LogP contribution < -0.4 is 10.5 Å². The van der Waals surface area contributed by atoms with Crippen molar-refractivity contribution in [2.45, 2.75) is 6.92 Å². The third-order valence-electron chi connectivity index (χ3n) is 1.97. The molecule has 0 radical (unpaired) electrons. The van der Waals surface area contributed by atoms with Gasteiger partial charge in [-0.3, -0.25) is 0 Å². The summed E-state index contributed by atoms with van der Waals surface area (Å²) in [6.07, 6.45) is 0. The van der Waals surface area contributed by atoms with Crippen molar-refractivity contribution < 1.29 is 8.42 Å². The van der Waals surface area contributed by atoms with E-state index in [1.165, 1.54) is 0 Å². The van der Waals surface area contributed by atoms with E-state index in [-0.39, 0.29) is 12.3 Å². The van der Waals surface area contributed by atoms with Crippen LogP contribution in [0.5, 0.6) is 0 Å². The summed E-state index contributed by atoms with van der Waals surface area (Å²) in [5.41, 5.74) is 1.72. The number of primary sulfonamides is 1. The lowest BCUT2D eigenvalue weighted by molar-refractivity contribution is 0.598. The van der Waals surface area contributed by atoms with Gasteiger partial charge in [-0.15, -0.1) is 0 Å². The Morgan fingerprint density at radius 3 is 2.73 bits per heavy atom. The van der Waals surface area contributed by atoms with Crippen molar-refractivity contribution in [1.82, 2.24) is 0 Å². The number of nitrogens with two attached hydrogens (primary N) is 1. The third-order valence-corrected chi connectivity index (χ3v) is 3.15. The van der Waals surface area contributed by atoms with Gasteiger partial charge < -0.3 is 5.32 Å². The molecular weight excluding hydrogens is 236 g/mol. The third kappa shape index (κ3) is 4.07. The molecule has 0 aromatic heterocycles. The first-order chi connectivity index (χ1) is 6.90. The fourth-order valence-electron chi connectivity index (χ4n) is 1.13. The lowest BCUT2D eigenvalue weighted by Gasteiger charge is -2.09. The molecule has 15 heavy (non-hydrogen) atoms. The van der Waals surface area contributed by atoms with Gasteiger partial charge in [0.15, 0.2) is 0 Å². The van der Waals surface area contributed by atoms with E-state index < -0.39 is 10.0 Å². The van der Waals surface area contributed by atoms with E-state index in [1.54, 1.807) is 12.1 Å². The summed E-state index contributed by atoms with van der Waals surface area (Å²) < 4.78 is 21.4. The van der Waals surface area contributed by atoms with Crippen molar-refractivity contribution >= 4 is 27.3 Å². The maximum absolute atomic E-state index is 10.7. The maximum atomic E-state index is 10.7. The van der Waals surface area contributed by atoms with E-state index in [0.717, 1.165) is 11.3 Å². The van der Waals surface area contributed by atoms with Crippen LogP contribution in [0.15, 0.2) is 18.2 Å². The Labute approximate surface area is 94.5 Å². The number of hydrogen-bond acceptors (Lipinski definition) is 3. The second-order valence-electron chi connectivity index (χ2n) is 3.21. The van der Waals surface area contributed by atoms with E-state index in [4.69, 9.17) is 16.7 Å². The first-order valence-electron chi connectivity index (χ1n) is 4.39. The smallest absolute Gasteiger partial charge is 0.210 e. The molecule has 0 fully saturated rings. The first kappa shape index (κ1) is 12.3. The molecule has 0 aliphatic rings. The molecule has 0 spiro atoms. The molecule has 0 aliphatic heterocycles. The van der Waals surface area contributed by atoms with Gasteiger partial charge in [0, 0.05) is 17.3 Å². The number of benzene rings is 1. The van der Waals surface area contributed by atoms with Gasteiger partial charge in [0.25, 0.3) is 0 Å². The highest BCUT2D eigenvalue weighted by molar-refractivity contribution is 7.89. The zero-order valence-electron chi connectivity index (χ0n) is 8.33. The minimum absolute atomic E-state index is 0.0983. The van der Waals surface area contributed by atoms with Crippen LogP contribution in [0, 0.1) is 6.92 Å². The van der Waals surface area contributed by atoms with E-state index in [0.29, 0.717) is 5.02 Å². The van der Waals surface area contributed by atoms with Gasteiger partial charge in [0.2, 0.25) is 10.0 Å². The zero-order chi connectivity index (χ0) is 11.5. The highest BCUT2D eigenvalue weighted by Gasteiger charge is 2.04. The summed E-state index contributed by atoms with van der Waals surface area (Å²) in [6.45, 7) is 2.14. The number of sulfonamides is 1. The SMILES string of the molecule is Cc1c(Cl)cccc1NCCS(N)(=O)=O. The van der Waals surface area contributed by atoms with E-state index in [1.807, 2.05) is 13.0 Å². The summed E-state index contributed by atoms with van der Waals surface area (Å²) in [4.78, 5) is 0. The molecule has 0 atom stereocenters. The second-order valence-corrected chi connectivity index (χ2v) is 5.35. The predicted octanol–water partition coefficient (Wildman–Crippen LogP) is 1.35. The fourth-order valence-corrected chi connectivity index (χ4v) is 1.69. The van der Waals surface area contributed by atoms with Crippen molar-refractivity contribution in [3.05, 3.63) is 28.8 Å². The molecule has 6 heteroatoms. The number of rotatable bonds is 4. The average molecular weight is 249 g/mol. The molecule has 0 aliphatic carbocycles. The van der Waals surface area contributed by atoms with Crippen LogP contribution in [0.25, 0.3) is 0 Å². The van der Waals surface area contributed by atoms with Gasteiger partial charge in [-0.25, -0.2) is 13.6 Å². The second kappa shape index (κ2) is 4.83. The van der Waals surface area contributed by atoms with Gasteiger partial charge in [-0.05, 0) is 24.6 Å². The van der Waals surface area contributed by atoms with Crippen LogP contribution in [0.2, 0.25) is 5.02 Å². The molecule has 4 nitrogen and oxygen atoms in total. The normalized spacial score (nSPS) is 11.4. The van der Waals surface area contributed by atoms with E-state index in [9.17, 15) is 8.42 Å². The highest BCUT2D eigenvalue weighted by Crippen LogP contribution is 2.22. The van der Waals surface area contributed by atoms with Crippen molar-refractivity contribution in [2.24, 2.45) is 5.14 Å². The maximum Gasteiger partial charge on any atom is 0.210 e. The molecular formula is C9H13ClN2O2S. The zero-order valence-corrected chi connectivity index (χ0v) is 9.90. The number of anilines is 1. The van der Waals surface area contributed by atoms with Crippen LogP contribution in [0.4, 0.5) is 5.69 Å². The number of nitrogens with one attached hydrogen (secondary N) is 1. The van der Waals surface area contributed by atoms with E-state index in [2.05, 4.69) is 5.32 Å². The van der Waals surface area contributed by atoms with Crippen LogP contribution in [-0.4, -0.2) is 20.7 Å². The number of halogens is 1. The highest BCUT2D eigenvalue weighted by atomic mass is 35.5. The minimum Gasteiger partial charge on any atom is -0.384 e. The lowest BCUT2D eigenvalue weighted by atomic mass is 10.2. The molecule has 0 saturated carbocycles. The Kier molecular flexibility index (Phi) is 3.96. The van der Waals surface area contributed by atoms with Crippen LogP contribution in [0.1, 0.15) is 5.56 Å². The van der Waals surface area contributed by atoms with Crippen molar-refractivity contribution in [1.29, 1.82) is 0 Å². The molecule has 0 bridgehead atoms. The molecule has 0 heterocycles. The van der Waals surface area contributed by atoms with Crippen molar-refractivity contribution in [3.8, 4) is 0 Å². The van der Waals surface area contributed by atoms with Crippen molar-refractivity contribution in [2.75, 3.05) is 17.6 Å². The lowest BCUT2D eigenvalue weighted by Crippen LogP contribution is -2.22. The molecule has 0 unspecified atom stereocenters. The molecule has 0 saturated heterocycles. The first-order valence-corrected chi connectivity index (χ1v) is 6.49. The fraction of sp³-hybridized carbons (Fsp3) is 0.333.